The van der Waals surface area contributed by atoms with Gasteiger partial charge in [0.25, 0.3) is 0 Å². The number of carbonyl (C=O) groups is 1. The minimum atomic E-state index is -0.653. The molecule has 2 rings (SSSR count). The van der Waals surface area contributed by atoms with Crippen molar-refractivity contribution in [3.05, 3.63) is 12.2 Å². The van der Waals surface area contributed by atoms with E-state index in [0.29, 0.717) is 13.0 Å². The highest BCUT2D eigenvalue weighted by Gasteiger charge is 2.34. The summed E-state index contributed by atoms with van der Waals surface area (Å²) in [6.07, 6.45) is 6.98. The second-order valence-electron chi connectivity index (χ2n) is 4.65. The molecule has 1 aromatic heterocycles. The SMILES string of the molecule is NC1(C(=O)NCCc2ncn[nH]2)CCCCC1. The van der Waals surface area contributed by atoms with Gasteiger partial charge < -0.3 is 11.1 Å². The fourth-order valence-corrected chi connectivity index (χ4v) is 2.23. The highest BCUT2D eigenvalue weighted by atomic mass is 16.2. The smallest absolute Gasteiger partial charge is 0.240 e. The molecule has 17 heavy (non-hydrogen) atoms. The molecule has 1 aliphatic carbocycles. The average Bonchev–Trinajstić information content (AvgIpc) is 2.83. The Kier molecular flexibility index (Phi) is 3.73. The predicted molar refractivity (Wildman–Crippen MR) is 63.1 cm³/mol. The molecule has 0 saturated heterocycles. The van der Waals surface area contributed by atoms with Crippen molar-refractivity contribution < 1.29 is 4.79 Å². The van der Waals surface area contributed by atoms with Gasteiger partial charge in [0.05, 0.1) is 5.54 Å². The van der Waals surface area contributed by atoms with Crippen molar-refractivity contribution >= 4 is 5.91 Å². The fourth-order valence-electron chi connectivity index (χ4n) is 2.23. The van der Waals surface area contributed by atoms with Gasteiger partial charge >= 0.3 is 0 Å². The Labute approximate surface area is 100 Å². The number of carbonyl (C=O) groups excluding carboxylic acids is 1. The Morgan fingerprint density at radius 1 is 1.47 bits per heavy atom. The summed E-state index contributed by atoms with van der Waals surface area (Å²) in [6.45, 7) is 0.549. The summed E-state index contributed by atoms with van der Waals surface area (Å²) in [4.78, 5) is 16.0. The van der Waals surface area contributed by atoms with E-state index in [4.69, 9.17) is 5.73 Å². The summed E-state index contributed by atoms with van der Waals surface area (Å²) in [5, 5.41) is 9.39. The molecular weight excluding hydrogens is 218 g/mol. The van der Waals surface area contributed by atoms with E-state index in [1.807, 2.05) is 0 Å². The van der Waals surface area contributed by atoms with Gasteiger partial charge in [-0.25, -0.2) is 4.98 Å². The first-order chi connectivity index (χ1) is 8.21. The number of rotatable bonds is 4. The molecule has 1 fully saturated rings. The van der Waals surface area contributed by atoms with Crippen LogP contribution in [0.1, 0.15) is 37.9 Å². The number of nitrogens with zero attached hydrogens (tertiary/aromatic N) is 2. The Morgan fingerprint density at radius 3 is 2.88 bits per heavy atom. The van der Waals surface area contributed by atoms with Crippen LogP contribution in [0.4, 0.5) is 0 Å². The van der Waals surface area contributed by atoms with Gasteiger partial charge in [-0.3, -0.25) is 9.89 Å². The summed E-state index contributed by atoms with van der Waals surface area (Å²) < 4.78 is 0. The topological polar surface area (TPSA) is 96.7 Å². The Bertz CT molecular complexity index is 356. The molecule has 1 saturated carbocycles. The monoisotopic (exact) mass is 237 g/mol. The zero-order valence-electron chi connectivity index (χ0n) is 9.91. The van der Waals surface area contributed by atoms with Crippen LogP contribution >= 0.6 is 0 Å². The van der Waals surface area contributed by atoms with Crippen molar-refractivity contribution in [1.29, 1.82) is 0 Å². The molecule has 94 valence electrons. The normalized spacial score (nSPS) is 18.9. The van der Waals surface area contributed by atoms with E-state index in [1.165, 1.54) is 12.7 Å². The summed E-state index contributed by atoms with van der Waals surface area (Å²) in [5.74, 6) is 0.747. The minimum absolute atomic E-state index is 0.0308. The molecule has 0 radical (unpaired) electrons. The van der Waals surface area contributed by atoms with Crippen LogP contribution in [0.25, 0.3) is 0 Å². The second kappa shape index (κ2) is 5.27. The largest absolute Gasteiger partial charge is 0.354 e. The van der Waals surface area contributed by atoms with Gasteiger partial charge in [-0.2, -0.15) is 5.10 Å². The summed E-state index contributed by atoms with van der Waals surface area (Å²) >= 11 is 0. The van der Waals surface area contributed by atoms with E-state index in [2.05, 4.69) is 20.5 Å². The molecule has 1 heterocycles. The first-order valence-corrected chi connectivity index (χ1v) is 6.12. The van der Waals surface area contributed by atoms with Crippen LogP contribution in [0.15, 0.2) is 6.33 Å². The van der Waals surface area contributed by atoms with Gasteiger partial charge in [0.15, 0.2) is 0 Å². The molecule has 1 aliphatic rings. The zero-order chi connectivity index (χ0) is 12.1. The van der Waals surface area contributed by atoms with Crippen molar-refractivity contribution in [3.63, 3.8) is 0 Å². The van der Waals surface area contributed by atoms with Crippen LogP contribution in [0.2, 0.25) is 0 Å². The van der Waals surface area contributed by atoms with Crippen LogP contribution < -0.4 is 11.1 Å². The van der Waals surface area contributed by atoms with E-state index in [1.54, 1.807) is 0 Å². The van der Waals surface area contributed by atoms with Crippen molar-refractivity contribution in [3.8, 4) is 0 Å². The van der Waals surface area contributed by atoms with Crippen molar-refractivity contribution in [1.82, 2.24) is 20.5 Å². The third kappa shape index (κ3) is 3.03. The second-order valence-corrected chi connectivity index (χ2v) is 4.65. The third-order valence-electron chi connectivity index (χ3n) is 3.31. The molecule has 0 atom stereocenters. The zero-order valence-corrected chi connectivity index (χ0v) is 9.91. The standard InChI is InChI=1S/C11H19N5O/c12-11(5-2-1-3-6-11)10(17)13-7-4-9-14-8-15-16-9/h8H,1-7,12H2,(H,13,17)(H,14,15,16). The molecule has 4 N–H and O–H groups in total. The quantitative estimate of drug-likeness (QED) is 0.693. The highest BCUT2D eigenvalue weighted by molar-refractivity contribution is 5.86. The first-order valence-electron chi connectivity index (χ1n) is 6.12. The van der Waals surface area contributed by atoms with Crippen LogP contribution in [0.5, 0.6) is 0 Å². The lowest BCUT2D eigenvalue weighted by Gasteiger charge is -2.31. The number of aromatic nitrogens is 3. The van der Waals surface area contributed by atoms with Crippen molar-refractivity contribution in [2.24, 2.45) is 5.73 Å². The number of nitrogens with two attached hydrogens (primary N) is 1. The molecule has 0 aliphatic heterocycles. The number of amides is 1. The van der Waals surface area contributed by atoms with Crippen LogP contribution in [-0.2, 0) is 11.2 Å². The number of H-pyrrole nitrogens is 1. The summed E-state index contributed by atoms with van der Waals surface area (Å²) in [5.41, 5.74) is 5.46. The maximum absolute atomic E-state index is 12.0. The van der Waals surface area contributed by atoms with E-state index >= 15 is 0 Å². The molecule has 0 spiro atoms. The Balaban J connectivity index is 1.76. The summed E-state index contributed by atoms with van der Waals surface area (Å²) in [7, 11) is 0. The van der Waals surface area contributed by atoms with Gasteiger partial charge in [-0.15, -0.1) is 0 Å². The number of aromatic amines is 1. The number of nitrogens with one attached hydrogen (secondary N) is 2. The third-order valence-corrected chi connectivity index (χ3v) is 3.31. The maximum atomic E-state index is 12.0. The maximum Gasteiger partial charge on any atom is 0.240 e. The van der Waals surface area contributed by atoms with Gasteiger partial charge in [0, 0.05) is 13.0 Å². The van der Waals surface area contributed by atoms with Gasteiger partial charge in [0.1, 0.15) is 12.2 Å². The van der Waals surface area contributed by atoms with Gasteiger partial charge in [0.2, 0.25) is 5.91 Å². The van der Waals surface area contributed by atoms with Crippen molar-refractivity contribution in [2.45, 2.75) is 44.1 Å². The molecule has 6 heteroatoms. The average molecular weight is 237 g/mol. The van der Waals surface area contributed by atoms with E-state index in [-0.39, 0.29) is 5.91 Å². The molecule has 1 amide bonds. The predicted octanol–water partition coefficient (Wildman–Crippen LogP) is 0.125. The van der Waals surface area contributed by atoms with Gasteiger partial charge in [-0.1, -0.05) is 19.3 Å². The lowest BCUT2D eigenvalue weighted by atomic mass is 9.82. The lowest BCUT2D eigenvalue weighted by molar-refractivity contribution is -0.127. The number of hydrogen-bond donors (Lipinski definition) is 3. The minimum Gasteiger partial charge on any atom is -0.354 e. The van der Waals surface area contributed by atoms with E-state index in [9.17, 15) is 4.79 Å². The Hall–Kier alpha value is -1.43. The highest BCUT2D eigenvalue weighted by Crippen LogP contribution is 2.25. The summed E-state index contributed by atoms with van der Waals surface area (Å²) in [6, 6.07) is 0. The fraction of sp³-hybridized carbons (Fsp3) is 0.727. The van der Waals surface area contributed by atoms with Crippen LogP contribution in [0.3, 0.4) is 0 Å². The van der Waals surface area contributed by atoms with Crippen LogP contribution in [-0.4, -0.2) is 33.2 Å². The number of hydrogen-bond acceptors (Lipinski definition) is 4. The molecular formula is C11H19N5O. The lowest BCUT2D eigenvalue weighted by Crippen LogP contribution is -2.55. The Morgan fingerprint density at radius 2 is 2.24 bits per heavy atom. The molecule has 6 nitrogen and oxygen atoms in total. The van der Waals surface area contributed by atoms with E-state index in [0.717, 1.165) is 31.5 Å². The molecule has 0 aromatic carbocycles. The molecule has 1 aromatic rings. The molecule has 0 bridgehead atoms. The van der Waals surface area contributed by atoms with E-state index < -0.39 is 5.54 Å². The van der Waals surface area contributed by atoms with Crippen LogP contribution in [0, 0.1) is 0 Å². The van der Waals surface area contributed by atoms with Gasteiger partial charge in [-0.05, 0) is 12.8 Å². The molecule has 0 unspecified atom stereocenters. The van der Waals surface area contributed by atoms with Crippen molar-refractivity contribution in [2.75, 3.05) is 6.54 Å². The first kappa shape index (κ1) is 12.0.